The van der Waals surface area contributed by atoms with Crippen molar-refractivity contribution in [1.82, 2.24) is 14.8 Å². The molecule has 0 atom stereocenters. The Balaban J connectivity index is 2.21. The number of hydrogen-bond acceptors (Lipinski definition) is 4. The van der Waals surface area contributed by atoms with Gasteiger partial charge >= 0.3 is 0 Å². The average Bonchev–Trinajstić information content (AvgIpc) is 2.72. The molecule has 0 N–H and O–H groups in total. The maximum atomic E-state index is 11.0. The fraction of sp³-hybridized carbons (Fsp3) is 0.357. The molecule has 0 amide bonds. The van der Waals surface area contributed by atoms with Crippen LogP contribution < -0.4 is 4.74 Å². The van der Waals surface area contributed by atoms with Gasteiger partial charge in [-0.15, -0.1) is 0 Å². The van der Waals surface area contributed by atoms with Crippen molar-refractivity contribution in [3.63, 3.8) is 0 Å². The SMILES string of the molecule is CCc1nn(C)c(COc2ccc(C)nc2C=O)c1Cl. The Labute approximate surface area is 122 Å². The predicted molar refractivity (Wildman–Crippen MR) is 76.3 cm³/mol. The van der Waals surface area contributed by atoms with Gasteiger partial charge in [-0.2, -0.15) is 5.10 Å². The van der Waals surface area contributed by atoms with Gasteiger partial charge in [0, 0.05) is 12.7 Å². The van der Waals surface area contributed by atoms with Gasteiger partial charge in [0.15, 0.2) is 6.29 Å². The van der Waals surface area contributed by atoms with E-state index in [0.717, 1.165) is 23.5 Å². The maximum Gasteiger partial charge on any atom is 0.172 e. The van der Waals surface area contributed by atoms with E-state index in [1.54, 1.807) is 16.8 Å². The van der Waals surface area contributed by atoms with Crippen LogP contribution in [0.1, 0.15) is 34.5 Å². The Kier molecular flexibility index (Phi) is 4.39. The molecule has 2 aromatic heterocycles. The lowest BCUT2D eigenvalue weighted by atomic mass is 10.3. The molecule has 106 valence electrons. The van der Waals surface area contributed by atoms with Crippen molar-refractivity contribution in [1.29, 1.82) is 0 Å². The van der Waals surface area contributed by atoms with E-state index in [4.69, 9.17) is 16.3 Å². The largest absolute Gasteiger partial charge is 0.485 e. The maximum absolute atomic E-state index is 11.0. The van der Waals surface area contributed by atoms with Crippen LogP contribution in [0.5, 0.6) is 5.75 Å². The topological polar surface area (TPSA) is 57.0 Å². The van der Waals surface area contributed by atoms with Crippen molar-refractivity contribution < 1.29 is 9.53 Å². The minimum atomic E-state index is 0.244. The van der Waals surface area contributed by atoms with Gasteiger partial charge in [0.25, 0.3) is 0 Å². The number of rotatable bonds is 5. The third kappa shape index (κ3) is 2.82. The van der Waals surface area contributed by atoms with E-state index in [-0.39, 0.29) is 6.61 Å². The number of ether oxygens (including phenoxy) is 1. The molecule has 0 bridgehead atoms. The predicted octanol–water partition coefficient (Wildman–Crippen LogP) is 2.73. The van der Waals surface area contributed by atoms with Crippen LogP contribution in [0.3, 0.4) is 0 Å². The third-order valence-corrected chi connectivity index (χ3v) is 3.44. The van der Waals surface area contributed by atoms with Crippen LogP contribution in [-0.2, 0) is 20.1 Å². The second kappa shape index (κ2) is 6.05. The molecular formula is C14H16ClN3O2. The first kappa shape index (κ1) is 14.5. The van der Waals surface area contributed by atoms with Crippen LogP contribution >= 0.6 is 11.6 Å². The van der Waals surface area contributed by atoms with Crippen LogP contribution in [0.4, 0.5) is 0 Å². The van der Waals surface area contributed by atoms with Crippen molar-refractivity contribution in [3.8, 4) is 5.75 Å². The van der Waals surface area contributed by atoms with E-state index in [1.807, 2.05) is 20.9 Å². The van der Waals surface area contributed by atoms with E-state index in [1.165, 1.54) is 0 Å². The van der Waals surface area contributed by atoms with Crippen molar-refractivity contribution in [3.05, 3.63) is 39.9 Å². The smallest absolute Gasteiger partial charge is 0.172 e. The van der Waals surface area contributed by atoms with E-state index in [9.17, 15) is 4.79 Å². The number of halogens is 1. The molecule has 0 saturated carbocycles. The molecule has 0 fully saturated rings. The zero-order chi connectivity index (χ0) is 14.7. The van der Waals surface area contributed by atoms with E-state index >= 15 is 0 Å². The highest BCUT2D eigenvalue weighted by Crippen LogP contribution is 2.23. The lowest BCUT2D eigenvalue weighted by molar-refractivity contribution is 0.111. The number of pyridine rings is 1. The Morgan fingerprint density at radius 3 is 2.80 bits per heavy atom. The highest BCUT2D eigenvalue weighted by molar-refractivity contribution is 6.31. The lowest BCUT2D eigenvalue weighted by Gasteiger charge is -2.09. The monoisotopic (exact) mass is 293 g/mol. The Bertz CT molecular complexity index is 638. The Hall–Kier alpha value is -1.88. The summed E-state index contributed by atoms with van der Waals surface area (Å²) in [7, 11) is 1.82. The summed E-state index contributed by atoms with van der Waals surface area (Å²) in [5, 5.41) is 4.93. The molecule has 5 nitrogen and oxygen atoms in total. The first-order valence-electron chi connectivity index (χ1n) is 6.32. The molecule has 2 rings (SSSR count). The molecule has 2 aromatic rings. The first-order chi connectivity index (χ1) is 9.56. The van der Waals surface area contributed by atoms with E-state index in [0.29, 0.717) is 22.8 Å². The van der Waals surface area contributed by atoms with Crippen LogP contribution in [0.2, 0.25) is 5.02 Å². The molecule has 0 aliphatic heterocycles. The van der Waals surface area contributed by atoms with Gasteiger partial charge in [0.05, 0.1) is 16.4 Å². The second-order valence-electron chi connectivity index (χ2n) is 4.43. The first-order valence-corrected chi connectivity index (χ1v) is 6.70. The zero-order valence-electron chi connectivity index (χ0n) is 11.7. The standard InChI is InChI=1S/C14H16ClN3O2/c1-4-10-14(15)12(18(3)17-10)8-20-13-6-5-9(2)16-11(13)7-19/h5-7H,4,8H2,1-3H3. The fourth-order valence-corrected chi connectivity index (χ4v) is 2.24. The second-order valence-corrected chi connectivity index (χ2v) is 4.81. The van der Waals surface area contributed by atoms with Gasteiger partial charge < -0.3 is 4.74 Å². The highest BCUT2D eigenvalue weighted by Gasteiger charge is 2.14. The van der Waals surface area contributed by atoms with Crippen LogP contribution in [-0.4, -0.2) is 21.1 Å². The van der Waals surface area contributed by atoms with Crippen molar-refractivity contribution in [2.45, 2.75) is 26.9 Å². The number of nitrogens with zero attached hydrogens (tertiary/aromatic N) is 3. The number of carbonyl (C=O) groups is 1. The summed E-state index contributed by atoms with van der Waals surface area (Å²) in [4.78, 5) is 15.1. The van der Waals surface area contributed by atoms with Crippen molar-refractivity contribution in [2.75, 3.05) is 0 Å². The normalized spacial score (nSPS) is 10.6. The summed E-state index contributed by atoms with van der Waals surface area (Å²) in [5.74, 6) is 0.445. The summed E-state index contributed by atoms with van der Waals surface area (Å²) < 4.78 is 7.35. The molecular weight excluding hydrogens is 278 g/mol. The summed E-state index contributed by atoms with van der Waals surface area (Å²) in [6.45, 7) is 4.06. The molecule has 0 aliphatic carbocycles. The quantitative estimate of drug-likeness (QED) is 0.795. The number of aldehydes is 1. The molecule has 0 spiro atoms. The average molecular weight is 294 g/mol. The summed E-state index contributed by atoms with van der Waals surface area (Å²) in [5.41, 5.74) is 2.68. The molecule has 6 heteroatoms. The van der Waals surface area contributed by atoms with Crippen LogP contribution in [0.25, 0.3) is 0 Å². The number of hydrogen-bond donors (Lipinski definition) is 0. The fourth-order valence-electron chi connectivity index (χ4n) is 1.89. The van der Waals surface area contributed by atoms with Crippen LogP contribution in [0.15, 0.2) is 12.1 Å². The van der Waals surface area contributed by atoms with Gasteiger partial charge in [0.2, 0.25) is 0 Å². The lowest BCUT2D eigenvalue weighted by Crippen LogP contribution is -2.05. The minimum absolute atomic E-state index is 0.244. The van der Waals surface area contributed by atoms with Crippen molar-refractivity contribution >= 4 is 17.9 Å². The summed E-state index contributed by atoms with van der Waals surface area (Å²) in [6, 6.07) is 3.53. The van der Waals surface area contributed by atoms with Gasteiger partial charge in [-0.25, -0.2) is 4.98 Å². The highest BCUT2D eigenvalue weighted by atomic mass is 35.5. The van der Waals surface area contributed by atoms with Crippen LogP contribution in [0, 0.1) is 6.92 Å². The number of aryl methyl sites for hydroxylation is 3. The van der Waals surface area contributed by atoms with Gasteiger partial charge in [-0.05, 0) is 25.5 Å². The van der Waals surface area contributed by atoms with Gasteiger partial charge in [-0.3, -0.25) is 9.48 Å². The molecule has 2 heterocycles. The molecule has 0 saturated heterocycles. The number of carbonyl (C=O) groups excluding carboxylic acids is 1. The minimum Gasteiger partial charge on any atom is -0.485 e. The molecule has 0 aromatic carbocycles. The van der Waals surface area contributed by atoms with E-state index < -0.39 is 0 Å². The van der Waals surface area contributed by atoms with Gasteiger partial charge in [0.1, 0.15) is 18.1 Å². The molecule has 20 heavy (non-hydrogen) atoms. The molecule has 0 aliphatic rings. The molecule has 0 unspecified atom stereocenters. The summed E-state index contributed by atoms with van der Waals surface area (Å²) in [6.07, 6.45) is 1.45. The number of aromatic nitrogens is 3. The Morgan fingerprint density at radius 1 is 1.45 bits per heavy atom. The van der Waals surface area contributed by atoms with Gasteiger partial charge in [-0.1, -0.05) is 18.5 Å². The summed E-state index contributed by atoms with van der Waals surface area (Å²) >= 11 is 6.25. The zero-order valence-corrected chi connectivity index (χ0v) is 12.4. The van der Waals surface area contributed by atoms with Crippen molar-refractivity contribution in [2.24, 2.45) is 7.05 Å². The molecule has 0 radical (unpaired) electrons. The third-order valence-electron chi connectivity index (χ3n) is 3.00. The Morgan fingerprint density at radius 2 is 2.20 bits per heavy atom. The van der Waals surface area contributed by atoms with E-state index in [2.05, 4.69) is 10.1 Å².